The Morgan fingerprint density at radius 1 is 1.35 bits per heavy atom. The zero-order valence-corrected chi connectivity index (χ0v) is 12.3. The van der Waals surface area contributed by atoms with Crippen LogP contribution in [0.2, 0.25) is 0 Å². The van der Waals surface area contributed by atoms with Gasteiger partial charge in [-0.05, 0) is 6.07 Å². The summed E-state index contributed by atoms with van der Waals surface area (Å²) in [6.45, 7) is 2.17. The predicted octanol–water partition coefficient (Wildman–Crippen LogP) is 0.0630. The van der Waals surface area contributed by atoms with Gasteiger partial charge >= 0.3 is 5.69 Å². The summed E-state index contributed by atoms with van der Waals surface area (Å²) in [5, 5.41) is 13.1. The minimum atomic E-state index is -0.322. The van der Waals surface area contributed by atoms with Crippen LogP contribution in [0.3, 0.4) is 0 Å². The monoisotopic (exact) mass is 317 g/mol. The van der Waals surface area contributed by atoms with E-state index in [1.807, 2.05) is 23.8 Å². The molecular weight excluding hydrogens is 302 g/mol. The maximum atomic E-state index is 11.0. The van der Waals surface area contributed by atoms with Gasteiger partial charge in [0.15, 0.2) is 11.6 Å². The largest absolute Gasteiger partial charge is 0.483 e. The van der Waals surface area contributed by atoms with Gasteiger partial charge in [-0.3, -0.25) is 9.78 Å². The van der Waals surface area contributed by atoms with Crippen molar-refractivity contribution in [3.63, 3.8) is 0 Å². The van der Waals surface area contributed by atoms with Crippen molar-refractivity contribution >= 4 is 6.47 Å². The standard InChI is InChI=1S/C12H13N7O.CH2O2/c1-2-9-13-4-3-8(15-9)11-14-5-6-19(11)7-10-16-12(20)18-17-10;2-1-3/h3-6H,2,7H2,1H3,(H2,16,17,18,20);1H,(H,2,3). The Kier molecular flexibility index (Phi) is 5.34. The molecule has 3 heterocycles. The normalized spacial score (nSPS) is 9.96. The summed E-state index contributed by atoms with van der Waals surface area (Å²) in [6.07, 6.45) is 5.99. The highest BCUT2D eigenvalue weighted by Crippen LogP contribution is 2.15. The molecule has 0 amide bonds. The van der Waals surface area contributed by atoms with Gasteiger partial charge in [0.25, 0.3) is 6.47 Å². The average Bonchev–Trinajstić information content (AvgIpc) is 3.18. The highest BCUT2D eigenvalue weighted by Gasteiger charge is 2.10. The number of aromatic amines is 2. The van der Waals surface area contributed by atoms with Crippen molar-refractivity contribution in [3.05, 3.63) is 46.8 Å². The van der Waals surface area contributed by atoms with Crippen LogP contribution in [0, 0.1) is 0 Å². The summed E-state index contributed by atoms with van der Waals surface area (Å²) in [4.78, 5) is 34.9. The van der Waals surface area contributed by atoms with Crippen molar-refractivity contribution < 1.29 is 9.90 Å². The Morgan fingerprint density at radius 2 is 2.13 bits per heavy atom. The quantitative estimate of drug-likeness (QED) is 0.577. The van der Waals surface area contributed by atoms with E-state index in [1.54, 1.807) is 12.4 Å². The lowest BCUT2D eigenvalue weighted by Gasteiger charge is -2.05. The second-order valence-electron chi connectivity index (χ2n) is 4.32. The molecule has 0 aliphatic heterocycles. The van der Waals surface area contributed by atoms with E-state index in [4.69, 9.17) is 9.90 Å². The summed E-state index contributed by atoms with van der Waals surface area (Å²) in [5.74, 6) is 2.02. The number of hydrogen-bond acceptors (Lipinski definition) is 6. The first kappa shape index (κ1) is 16.1. The van der Waals surface area contributed by atoms with Gasteiger partial charge in [0.05, 0.1) is 6.54 Å². The van der Waals surface area contributed by atoms with Gasteiger partial charge in [0.1, 0.15) is 11.5 Å². The van der Waals surface area contributed by atoms with Crippen LogP contribution in [0.1, 0.15) is 18.6 Å². The molecule has 0 fully saturated rings. The maximum Gasteiger partial charge on any atom is 0.340 e. The van der Waals surface area contributed by atoms with Gasteiger partial charge in [-0.25, -0.2) is 24.8 Å². The summed E-state index contributed by atoms with van der Waals surface area (Å²) >= 11 is 0. The van der Waals surface area contributed by atoms with E-state index < -0.39 is 0 Å². The summed E-state index contributed by atoms with van der Waals surface area (Å²) in [6, 6.07) is 1.81. The number of nitrogens with zero attached hydrogens (tertiary/aromatic N) is 5. The van der Waals surface area contributed by atoms with Crippen LogP contribution in [0.25, 0.3) is 11.5 Å². The topological polar surface area (TPSA) is 142 Å². The van der Waals surface area contributed by atoms with E-state index in [2.05, 4.69) is 30.1 Å². The van der Waals surface area contributed by atoms with E-state index in [1.165, 1.54) is 0 Å². The van der Waals surface area contributed by atoms with E-state index in [9.17, 15) is 4.79 Å². The first-order valence-corrected chi connectivity index (χ1v) is 6.72. The second kappa shape index (κ2) is 7.64. The minimum Gasteiger partial charge on any atom is -0.483 e. The van der Waals surface area contributed by atoms with Gasteiger partial charge in [0, 0.05) is 25.0 Å². The van der Waals surface area contributed by atoms with E-state index in [-0.39, 0.29) is 12.2 Å². The second-order valence-corrected chi connectivity index (χ2v) is 4.32. The molecule has 0 atom stereocenters. The van der Waals surface area contributed by atoms with Crippen LogP contribution in [-0.4, -0.2) is 46.3 Å². The van der Waals surface area contributed by atoms with Gasteiger partial charge in [0.2, 0.25) is 0 Å². The zero-order valence-electron chi connectivity index (χ0n) is 12.3. The van der Waals surface area contributed by atoms with Crippen LogP contribution in [0.5, 0.6) is 0 Å². The molecule has 23 heavy (non-hydrogen) atoms. The van der Waals surface area contributed by atoms with Gasteiger partial charge in [-0.2, -0.15) is 5.10 Å². The number of aryl methyl sites for hydroxylation is 1. The fourth-order valence-electron chi connectivity index (χ4n) is 1.91. The van der Waals surface area contributed by atoms with Crippen molar-refractivity contribution in [3.8, 4) is 11.5 Å². The molecule has 3 aromatic heterocycles. The first-order chi connectivity index (χ1) is 11.2. The molecule has 0 bridgehead atoms. The number of H-pyrrole nitrogens is 2. The molecule has 120 valence electrons. The minimum absolute atomic E-state index is 0.250. The molecule has 3 aromatic rings. The average molecular weight is 317 g/mol. The number of aromatic nitrogens is 7. The molecular formula is C13H15N7O3. The Hall–Kier alpha value is -3.30. The molecule has 10 nitrogen and oxygen atoms in total. The van der Waals surface area contributed by atoms with Crippen LogP contribution < -0.4 is 5.69 Å². The van der Waals surface area contributed by atoms with Crippen molar-refractivity contribution in [1.82, 2.24) is 34.7 Å². The summed E-state index contributed by atoms with van der Waals surface area (Å²) in [7, 11) is 0. The first-order valence-electron chi connectivity index (χ1n) is 6.72. The van der Waals surface area contributed by atoms with Crippen LogP contribution >= 0.6 is 0 Å². The van der Waals surface area contributed by atoms with Crippen LogP contribution in [0.15, 0.2) is 29.5 Å². The lowest BCUT2D eigenvalue weighted by Crippen LogP contribution is -2.06. The fourth-order valence-corrected chi connectivity index (χ4v) is 1.91. The van der Waals surface area contributed by atoms with Gasteiger partial charge in [-0.1, -0.05) is 6.92 Å². The molecule has 0 aliphatic rings. The Labute approximate surface area is 130 Å². The lowest BCUT2D eigenvalue weighted by atomic mass is 10.3. The number of carbonyl (C=O) groups is 1. The summed E-state index contributed by atoms with van der Waals surface area (Å²) in [5.41, 5.74) is 0.428. The lowest BCUT2D eigenvalue weighted by molar-refractivity contribution is -0.122. The number of hydrogen-bond donors (Lipinski definition) is 3. The highest BCUT2D eigenvalue weighted by molar-refractivity contribution is 5.49. The third-order valence-corrected chi connectivity index (χ3v) is 2.84. The zero-order chi connectivity index (χ0) is 16.7. The number of imidazole rings is 1. The van der Waals surface area contributed by atoms with Gasteiger partial charge in [-0.15, -0.1) is 0 Å². The van der Waals surface area contributed by atoms with Gasteiger partial charge < -0.3 is 9.67 Å². The molecule has 0 saturated heterocycles. The van der Waals surface area contributed by atoms with E-state index in [0.29, 0.717) is 18.2 Å². The van der Waals surface area contributed by atoms with Crippen LogP contribution in [0.4, 0.5) is 0 Å². The Balaban J connectivity index is 0.000000595. The van der Waals surface area contributed by atoms with Crippen molar-refractivity contribution in [2.75, 3.05) is 0 Å². The molecule has 3 rings (SSSR count). The molecule has 10 heteroatoms. The smallest absolute Gasteiger partial charge is 0.340 e. The fraction of sp³-hybridized carbons (Fsp3) is 0.231. The molecule has 3 N–H and O–H groups in total. The third kappa shape index (κ3) is 4.09. The number of nitrogens with one attached hydrogen (secondary N) is 2. The number of carboxylic acid groups (broad SMARTS) is 1. The maximum absolute atomic E-state index is 11.0. The Morgan fingerprint density at radius 3 is 2.78 bits per heavy atom. The SMILES string of the molecule is CCc1nccc(-c2nccn2Cc2n[nH]c(=O)[nH]2)n1.O=CO. The summed E-state index contributed by atoms with van der Waals surface area (Å²) < 4.78 is 1.87. The predicted molar refractivity (Wildman–Crippen MR) is 79.6 cm³/mol. The molecule has 0 unspecified atom stereocenters. The molecule has 0 aromatic carbocycles. The Bertz CT molecular complexity index is 821. The van der Waals surface area contributed by atoms with E-state index >= 15 is 0 Å². The molecule has 0 spiro atoms. The van der Waals surface area contributed by atoms with Crippen molar-refractivity contribution in [2.24, 2.45) is 0 Å². The molecule has 0 aliphatic carbocycles. The molecule has 0 saturated carbocycles. The van der Waals surface area contributed by atoms with Crippen LogP contribution in [-0.2, 0) is 17.8 Å². The molecule has 0 radical (unpaired) electrons. The van der Waals surface area contributed by atoms with E-state index in [0.717, 1.165) is 17.9 Å². The van der Waals surface area contributed by atoms with Crippen molar-refractivity contribution in [1.29, 1.82) is 0 Å². The highest BCUT2D eigenvalue weighted by atomic mass is 16.3. The third-order valence-electron chi connectivity index (χ3n) is 2.84. The number of rotatable bonds is 4. The van der Waals surface area contributed by atoms with Crippen molar-refractivity contribution in [2.45, 2.75) is 19.9 Å².